The van der Waals surface area contributed by atoms with Gasteiger partial charge in [-0.3, -0.25) is 4.90 Å². The smallest absolute Gasteiger partial charge is 0.408 e. The summed E-state index contributed by atoms with van der Waals surface area (Å²) >= 11 is 0. The molecular formula is C16H21F3N4O. The zero-order valence-electron chi connectivity index (χ0n) is 13.8. The second-order valence-corrected chi connectivity index (χ2v) is 6.23. The van der Waals surface area contributed by atoms with Gasteiger partial charge in [0, 0.05) is 0 Å². The van der Waals surface area contributed by atoms with Gasteiger partial charge in [-0.05, 0) is 51.9 Å². The van der Waals surface area contributed by atoms with Crippen LogP contribution in [-0.2, 0) is 6.54 Å². The van der Waals surface area contributed by atoms with Crippen molar-refractivity contribution in [3.63, 3.8) is 0 Å². The second kappa shape index (κ2) is 6.58. The summed E-state index contributed by atoms with van der Waals surface area (Å²) in [5.74, 6) is 1.46. The zero-order valence-corrected chi connectivity index (χ0v) is 13.8. The van der Waals surface area contributed by atoms with Crippen LogP contribution in [0.4, 0.5) is 13.2 Å². The zero-order chi connectivity index (χ0) is 17.3. The Morgan fingerprint density at radius 3 is 2.58 bits per heavy atom. The van der Waals surface area contributed by atoms with E-state index in [0.717, 1.165) is 36.4 Å². The van der Waals surface area contributed by atoms with E-state index < -0.39 is 12.7 Å². The first-order chi connectivity index (χ1) is 11.3. The highest BCUT2D eigenvalue weighted by Crippen LogP contribution is 2.30. The molecule has 3 rings (SSSR count). The summed E-state index contributed by atoms with van der Waals surface area (Å²) < 4.78 is 44.8. The van der Waals surface area contributed by atoms with Crippen LogP contribution in [-0.4, -0.2) is 38.9 Å². The van der Waals surface area contributed by atoms with Crippen molar-refractivity contribution in [3.8, 4) is 11.6 Å². The van der Waals surface area contributed by atoms with Crippen LogP contribution in [0.5, 0.6) is 0 Å². The lowest BCUT2D eigenvalue weighted by atomic mass is 10.1. The van der Waals surface area contributed by atoms with Crippen molar-refractivity contribution in [3.05, 3.63) is 23.7 Å². The fourth-order valence-corrected chi connectivity index (χ4v) is 3.10. The molecule has 24 heavy (non-hydrogen) atoms. The van der Waals surface area contributed by atoms with Crippen molar-refractivity contribution in [2.45, 2.75) is 51.9 Å². The second-order valence-electron chi connectivity index (χ2n) is 6.23. The summed E-state index contributed by atoms with van der Waals surface area (Å²) in [6.07, 6.45) is -0.786. The standard InChI is InChI=1S/C16H21F3N4O/c1-11(22-8-4-3-5-9-22)13-6-7-14(24-13)15-20-12(2)21-23(15)10-16(17,18)19/h6-7,11H,3-5,8-10H2,1-2H3/t11-/m1/s1. The van der Waals surface area contributed by atoms with E-state index in [1.807, 2.05) is 6.07 Å². The Bertz CT molecular complexity index is 686. The molecule has 1 fully saturated rings. The molecule has 3 heterocycles. The predicted octanol–water partition coefficient (Wildman–Crippen LogP) is 3.96. The van der Waals surface area contributed by atoms with Crippen LogP contribution < -0.4 is 0 Å². The van der Waals surface area contributed by atoms with Crippen LogP contribution in [0, 0.1) is 6.92 Å². The molecule has 1 saturated heterocycles. The molecule has 8 heteroatoms. The monoisotopic (exact) mass is 342 g/mol. The van der Waals surface area contributed by atoms with Crippen LogP contribution in [0.25, 0.3) is 11.6 Å². The molecule has 0 N–H and O–H groups in total. The fraction of sp³-hybridized carbons (Fsp3) is 0.625. The SMILES string of the molecule is Cc1nc(-c2ccc([C@@H](C)N3CCCCC3)o2)n(CC(F)(F)F)n1. The molecule has 0 aromatic carbocycles. The Labute approximate surface area is 138 Å². The summed E-state index contributed by atoms with van der Waals surface area (Å²) in [6, 6.07) is 3.59. The third-order valence-corrected chi connectivity index (χ3v) is 4.30. The van der Waals surface area contributed by atoms with Gasteiger partial charge in [-0.2, -0.15) is 18.3 Å². The Balaban J connectivity index is 1.83. The van der Waals surface area contributed by atoms with Crippen LogP contribution >= 0.6 is 0 Å². The van der Waals surface area contributed by atoms with E-state index in [1.165, 1.54) is 6.42 Å². The number of likely N-dealkylation sites (tertiary alicyclic amines) is 1. The largest absolute Gasteiger partial charge is 0.456 e. The van der Waals surface area contributed by atoms with Crippen molar-refractivity contribution in [1.29, 1.82) is 0 Å². The van der Waals surface area contributed by atoms with E-state index in [-0.39, 0.29) is 17.7 Å². The number of aryl methyl sites for hydroxylation is 1. The molecule has 0 bridgehead atoms. The fourth-order valence-electron chi connectivity index (χ4n) is 3.10. The minimum absolute atomic E-state index is 0.0964. The van der Waals surface area contributed by atoms with E-state index in [1.54, 1.807) is 13.0 Å². The summed E-state index contributed by atoms with van der Waals surface area (Å²) in [6.45, 7) is 4.47. The van der Waals surface area contributed by atoms with E-state index in [9.17, 15) is 13.2 Å². The molecule has 132 valence electrons. The number of piperidine rings is 1. The van der Waals surface area contributed by atoms with Gasteiger partial charge in [0.1, 0.15) is 18.1 Å². The van der Waals surface area contributed by atoms with Crippen LogP contribution in [0.3, 0.4) is 0 Å². The molecule has 0 aliphatic carbocycles. The number of furan rings is 1. The number of nitrogens with zero attached hydrogens (tertiary/aromatic N) is 4. The molecule has 2 aromatic heterocycles. The highest BCUT2D eigenvalue weighted by Gasteiger charge is 2.31. The van der Waals surface area contributed by atoms with Crippen molar-refractivity contribution in [2.24, 2.45) is 0 Å². The number of rotatable bonds is 4. The first-order valence-electron chi connectivity index (χ1n) is 8.16. The van der Waals surface area contributed by atoms with Crippen LogP contribution in [0.15, 0.2) is 16.5 Å². The average molecular weight is 342 g/mol. The van der Waals surface area contributed by atoms with Crippen molar-refractivity contribution >= 4 is 0 Å². The number of alkyl halides is 3. The quantitative estimate of drug-likeness (QED) is 0.844. The van der Waals surface area contributed by atoms with Gasteiger partial charge in [-0.25, -0.2) is 9.67 Å². The number of halogens is 3. The molecule has 1 atom stereocenters. The summed E-state index contributed by atoms with van der Waals surface area (Å²) in [5, 5.41) is 3.83. The van der Waals surface area contributed by atoms with Gasteiger partial charge in [0.25, 0.3) is 0 Å². The molecular weight excluding hydrogens is 321 g/mol. The molecule has 0 saturated carbocycles. The third-order valence-electron chi connectivity index (χ3n) is 4.30. The molecule has 0 spiro atoms. The van der Waals surface area contributed by atoms with Gasteiger partial charge in [0.15, 0.2) is 11.6 Å². The lowest BCUT2D eigenvalue weighted by Crippen LogP contribution is -2.32. The molecule has 1 aliphatic heterocycles. The van der Waals surface area contributed by atoms with Gasteiger partial charge < -0.3 is 4.42 Å². The van der Waals surface area contributed by atoms with Gasteiger partial charge in [0.05, 0.1) is 6.04 Å². The first-order valence-corrected chi connectivity index (χ1v) is 8.16. The normalized spacial score (nSPS) is 18.0. The predicted molar refractivity (Wildman–Crippen MR) is 82.4 cm³/mol. The van der Waals surface area contributed by atoms with Crippen molar-refractivity contribution in [1.82, 2.24) is 19.7 Å². The van der Waals surface area contributed by atoms with E-state index >= 15 is 0 Å². The highest BCUT2D eigenvalue weighted by atomic mass is 19.4. The number of hydrogen-bond donors (Lipinski definition) is 0. The Morgan fingerprint density at radius 2 is 1.92 bits per heavy atom. The minimum atomic E-state index is -4.36. The summed E-state index contributed by atoms with van der Waals surface area (Å²) in [5.41, 5.74) is 0. The molecule has 0 amide bonds. The maximum atomic E-state index is 12.7. The highest BCUT2D eigenvalue weighted by molar-refractivity contribution is 5.47. The van der Waals surface area contributed by atoms with Gasteiger partial charge in [-0.15, -0.1) is 0 Å². The molecule has 5 nitrogen and oxygen atoms in total. The number of aromatic nitrogens is 3. The Morgan fingerprint density at radius 1 is 1.21 bits per heavy atom. The van der Waals surface area contributed by atoms with Crippen LogP contribution in [0.2, 0.25) is 0 Å². The first kappa shape index (κ1) is 17.0. The molecule has 1 aliphatic rings. The Hall–Kier alpha value is -1.83. The lowest BCUT2D eigenvalue weighted by Gasteiger charge is -2.31. The Kier molecular flexibility index (Phi) is 4.67. The van der Waals surface area contributed by atoms with Crippen molar-refractivity contribution in [2.75, 3.05) is 13.1 Å². The summed E-state index contributed by atoms with van der Waals surface area (Å²) in [7, 11) is 0. The summed E-state index contributed by atoms with van der Waals surface area (Å²) in [4.78, 5) is 6.43. The third kappa shape index (κ3) is 3.80. The van der Waals surface area contributed by atoms with Gasteiger partial charge in [0.2, 0.25) is 0 Å². The van der Waals surface area contributed by atoms with Crippen molar-refractivity contribution < 1.29 is 17.6 Å². The van der Waals surface area contributed by atoms with E-state index in [0.29, 0.717) is 5.76 Å². The minimum Gasteiger partial charge on any atom is -0.456 e. The van der Waals surface area contributed by atoms with E-state index in [2.05, 4.69) is 21.9 Å². The molecule has 2 aromatic rings. The maximum absolute atomic E-state index is 12.7. The van der Waals surface area contributed by atoms with E-state index in [4.69, 9.17) is 4.42 Å². The average Bonchev–Trinajstić information content (AvgIpc) is 3.12. The maximum Gasteiger partial charge on any atom is 0.408 e. The van der Waals surface area contributed by atoms with Gasteiger partial charge >= 0.3 is 6.18 Å². The topological polar surface area (TPSA) is 47.1 Å². The lowest BCUT2D eigenvalue weighted by molar-refractivity contribution is -0.142. The van der Waals surface area contributed by atoms with Gasteiger partial charge in [-0.1, -0.05) is 6.42 Å². The molecule has 0 radical (unpaired) electrons. The number of hydrogen-bond acceptors (Lipinski definition) is 4. The molecule has 0 unspecified atom stereocenters. The van der Waals surface area contributed by atoms with Crippen LogP contribution in [0.1, 0.15) is 43.8 Å².